The molecular formula is C16H20N4O2S2. The molecule has 8 heteroatoms. The van der Waals surface area contributed by atoms with Crippen LogP contribution in [0.4, 0.5) is 5.69 Å². The number of anilines is 1. The third kappa shape index (κ3) is 2.91. The number of aromatic nitrogens is 3. The molecule has 2 heterocycles. The summed E-state index contributed by atoms with van der Waals surface area (Å²) in [6.07, 6.45) is 0. The summed E-state index contributed by atoms with van der Waals surface area (Å²) in [4.78, 5) is 4.96. The molecule has 1 aromatic carbocycles. The maximum atomic E-state index is 12.9. The molecule has 0 aliphatic rings. The maximum absolute atomic E-state index is 12.9. The van der Waals surface area contributed by atoms with Crippen LogP contribution in [0.5, 0.6) is 0 Å². The molecule has 6 nitrogen and oxygen atoms in total. The molecule has 0 atom stereocenters. The number of fused-ring (bicyclic) bond motifs is 1. The molecule has 3 rings (SSSR count). The standard InChI is InChI=1S/C16H20N4O2S2/c1-9(2)14-18-20-15(12(5)17-16(20)23-14)24(21,22)19-13-8-10(3)6-7-11(13)4/h6-9,19H,1-5H3. The summed E-state index contributed by atoms with van der Waals surface area (Å²) in [5, 5.41) is 5.39. The van der Waals surface area contributed by atoms with Crippen molar-refractivity contribution in [1.29, 1.82) is 0 Å². The number of benzene rings is 1. The summed E-state index contributed by atoms with van der Waals surface area (Å²) >= 11 is 1.42. The highest BCUT2D eigenvalue weighted by molar-refractivity contribution is 7.92. The van der Waals surface area contributed by atoms with Crippen molar-refractivity contribution in [3.63, 3.8) is 0 Å². The van der Waals surface area contributed by atoms with E-state index in [9.17, 15) is 8.42 Å². The van der Waals surface area contributed by atoms with Crippen molar-refractivity contribution in [1.82, 2.24) is 14.6 Å². The molecule has 0 aliphatic carbocycles. The molecule has 0 aliphatic heterocycles. The van der Waals surface area contributed by atoms with Crippen molar-refractivity contribution >= 4 is 32.0 Å². The largest absolute Gasteiger partial charge is 0.281 e. The van der Waals surface area contributed by atoms with Crippen LogP contribution in [-0.2, 0) is 10.0 Å². The van der Waals surface area contributed by atoms with Gasteiger partial charge < -0.3 is 0 Å². The molecular weight excluding hydrogens is 344 g/mol. The Morgan fingerprint density at radius 1 is 1.21 bits per heavy atom. The fraction of sp³-hybridized carbons (Fsp3) is 0.375. The number of sulfonamides is 1. The highest BCUT2D eigenvalue weighted by Gasteiger charge is 2.26. The van der Waals surface area contributed by atoms with Crippen LogP contribution in [0.2, 0.25) is 0 Å². The van der Waals surface area contributed by atoms with Crippen molar-refractivity contribution in [2.45, 2.75) is 45.6 Å². The Bertz CT molecular complexity index is 1020. The minimum absolute atomic E-state index is 0.0987. The predicted octanol–water partition coefficient (Wildman–Crippen LogP) is 3.64. The number of imidazole rings is 1. The van der Waals surface area contributed by atoms with Gasteiger partial charge in [0, 0.05) is 5.92 Å². The quantitative estimate of drug-likeness (QED) is 0.767. The van der Waals surface area contributed by atoms with E-state index in [-0.39, 0.29) is 10.9 Å². The van der Waals surface area contributed by atoms with E-state index >= 15 is 0 Å². The molecule has 3 aromatic rings. The van der Waals surface area contributed by atoms with Crippen molar-refractivity contribution in [3.8, 4) is 0 Å². The molecule has 0 saturated carbocycles. The van der Waals surface area contributed by atoms with Crippen LogP contribution in [0.15, 0.2) is 23.2 Å². The van der Waals surface area contributed by atoms with Crippen LogP contribution in [0.25, 0.3) is 4.96 Å². The zero-order valence-corrected chi connectivity index (χ0v) is 15.9. The average molecular weight is 364 g/mol. The van der Waals surface area contributed by atoms with Crippen molar-refractivity contribution in [3.05, 3.63) is 40.0 Å². The Balaban J connectivity index is 2.11. The van der Waals surface area contributed by atoms with Crippen LogP contribution in [0, 0.1) is 20.8 Å². The zero-order valence-electron chi connectivity index (χ0n) is 14.3. The topological polar surface area (TPSA) is 76.4 Å². The van der Waals surface area contributed by atoms with E-state index in [2.05, 4.69) is 14.8 Å². The second-order valence-electron chi connectivity index (χ2n) is 6.22. The summed E-state index contributed by atoms with van der Waals surface area (Å²) < 4.78 is 30.0. The van der Waals surface area contributed by atoms with Crippen molar-refractivity contribution < 1.29 is 8.42 Å². The van der Waals surface area contributed by atoms with Gasteiger partial charge in [-0.05, 0) is 38.0 Å². The zero-order chi connectivity index (χ0) is 17.6. The fourth-order valence-electron chi connectivity index (χ4n) is 2.43. The molecule has 0 bridgehead atoms. The second kappa shape index (κ2) is 5.86. The predicted molar refractivity (Wildman–Crippen MR) is 96.4 cm³/mol. The lowest BCUT2D eigenvalue weighted by molar-refractivity contribution is 0.592. The Morgan fingerprint density at radius 3 is 2.58 bits per heavy atom. The summed E-state index contributed by atoms with van der Waals surface area (Å²) in [5.74, 6) is 0.222. The van der Waals surface area contributed by atoms with E-state index in [1.807, 2.05) is 45.9 Å². The van der Waals surface area contributed by atoms with Crippen molar-refractivity contribution in [2.75, 3.05) is 4.72 Å². The van der Waals surface area contributed by atoms with Crippen LogP contribution < -0.4 is 4.72 Å². The molecule has 2 aromatic heterocycles. The molecule has 0 spiro atoms. The number of hydrogen-bond acceptors (Lipinski definition) is 5. The average Bonchev–Trinajstić information content (AvgIpc) is 2.98. The Morgan fingerprint density at radius 2 is 1.92 bits per heavy atom. The van der Waals surface area contributed by atoms with E-state index in [1.165, 1.54) is 15.9 Å². The fourth-order valence-corrected chi connectivity index (χ4v) is 4.83. The highest BCUT2D eigenvalue weighted by atomic mass is 32.2. The summed E-state index contributed by atoms with van der Waals surface area (Å²) in [6.45, 7) is 9.53. The Hall–Kier alpha value is -1.93. The van der Waals surface area contributed by atoms with E-state index in [1.54, 1.807) is 6.92 Å². The Kier molecular flexibility index (Phi) is 4.13. The van der Waals surface area contributed by atoms with Gasteiger partial charge in [-0.3, -0.25) is 4.72 Å². The Labute approximate surface area is 145 Å². The molecule has 24 heavy (non-hydrogen) atoms. The number of hydrogen-bond donors (Lipinski definition) is 1. The van der Waals surface area contributed by atoms with E-state index in [0.29, 0.717) is 16.3 Å². The summed E-state index contributed by atoms with van der Waals surface area (Å²) in [5.41, 5.74) is 2.87. The normalized spacial score (nSPS) is 12.2. The molecule has 1 N–H and O–H groups in total. The van der Waals surface area contributed by atoms with Gasteiger partial charge in [0.1, 0.15) is 5.01 Å². The summed E-state index contributed by atoms with van der Waals surface area (Å²) in [7, 11) is -3.78. The van der Waals surface area contributed by atoms with Gasteiger partial charge in [0.05, 0.1) is 11.4 Å². The minimum atomic E-state index is -3.78. The molecule has 0 saturated heterocycles. The monoisotopic (exact) mass is 364 g/mol. The number of rotatable bonds is 4. The second-order valence-corrected chi connectivity index (χ2v) is 8.80. The van der Waals surface area contributed by atoms with Gasteiger partial charge in [0.2, 0.25) is 9.99 Å². The lowest BCUT2D eigenvalue weighted by Crippen LogP contribution is -2.17. The van der Waals surface area contributed by atoms with Gasteiger partial charge in [-0.25, -0.2) is 4.98 Å². The molecule has 0 amide bonds. The van der Waals surface area contributed by atoms with Crippen molar-refractivity contribution in [2.24, 2.45) is 0 Å². The third-order valence-electron chi connectivity index (χ3n) is 3.73. The number of nitrogens with one attached hydrogen (secondary N) is 1. The first kappa shape index (κ1) is 16.9. The van der Waals surface area contributed by atoms with Crippen LogP contribution in [0.3, 0.4) is 0 Å². The van der Waals surface area contributed by atoms with E-state index < -0.39 is 10.0 Å². The lowest BCUT2D eigenvalue weighted by atomic mass is 10.1. The first-order chi connectivity index (χ1) is 11.2. The number of nitrogens with zero attached hydrogens (tertiary/aromatic N) is 3. The summed E-state index contributed by atoms with van der Waals surface area (Å²) in [6, 6.07) is 5.66. The molecule has 0 fully saturated rings. The SMILES string of the molecule is Cc1ccc(C)c(NS(=O)(=O)c2c(C)nc3sc(C(C)C)nn23)c1. The lowest BCUT2D eigenvalue weighted by Gasteiger charge is -2.11. The molecule has 0 radical (unpaired) electrons. The van der Waals surface area contributed by atoms with E-state index in [4.69, 9.17) is 0 Å². The van der Waals surface area contributed by atoms with Gasteiger partial charge in [-0.15, -0.1) is 0 Å². The maximum Gasteiger partial charge on any atom is 0.281 e. The van der Waals surface area contributed by atoms with Crippen LogP contribution >= 0.6 is 11.3 Å². The van der Waals surface area contributed by atoms with E-state index in [0.717, 1.165) is 16.1 Å². The van der Waals surface area contributed by atoms with Gasteiger partial charge in [-0.1, -0.05) is 37.3 Å². The highest BCUT2D eigenvalue weighted by Crippen LogP contribution is 2.28. The number of aryl methyl sites for hydroxylation is 3. The van der Waals surface area contributed by atoms with Gasteiger partial charge in [0.15, 0.2) is 0 Å². The smallest absolute Gasteiger partial charge is 0.278 e. The van der Waals surface area contributed by atoms with Crippen LogP contribution in [-0.4, -0.2) is 23.0 Å². The molecule has 0 unspecified atom stereocenters. The first-order valence-electron chi connectivity index (χ1n) is 7.65. The van der Waals surface area contributed by atoms with Gasteiger partial charge in [-0.2, -0.15) is 18.0 Å². The molecule has 128 valence electrons. The van der Waals surface area contributed by atoms with Crippen LogP contribution in [0.1, 0.15) is 41.6 Å². The minimum Gasteiger partial charge on any atom is -0.278 e. The van der Waals surface area contributed by atoms with Gasteiger partial charge in [0.25, 0.3) is 10.0 Å². The third-order valence-corrected chi connectivity index (χ3v) is 6.40. The van der Waals surface area contributed by atoms with Gasteiger partial charge >= 0.3 is 0 Å². The first-order valence-corrected chi connectivity index (χ1v) is 9.95.